The largest absolute Gasteiger partial charge is 0.346 e. The van der Waals surface area contributed by atoms with Gasteiger partial charge in [-0.2, -0.15) is 5.10 Å². The van der Waals surface area contributed by atoms with Crippen molar-refractivity contribution in [1.29, 1.82) is 0 Å². The van der Waals surface area contributed by atoms with Crippen molar-refractivity contribution >= 4 is 17.5 Å². The number of rotatable bonds is 5. The standard InChI is InChI=1S/C23H23ClN4O2/c1-16-13-21(29)22(26-28(16)20-9-7-18(24)8-10-20)23(30)25-19-11-12-27(15-19)14-17-5-3-2-4-6-17/h2-10,13,19H,11-12,14-15H2,1H3,(H,25,30). The van der Waals surface area contributed by atoms with Crippen LogP contribution >= 0.6 is 11.6 Å². The molecular formula is C23H23ClN4O2. The van der Waals surface area contributed by atoms with E-state index in [9.17, 15) is 9.59 Å². The Hall–Kier alpha value is -2.96. The average Bonchev–Trinajstić information content (AvgIpc) is 3.16. The van der Waals surface area contributed by atoms with Gasteiger partial charge in [0.25, 0.3) is 5.91 Å². The second kappa shape index (κ2) is 8.81. The number of carbonyl (C=O) groups excluding carboxylic acids is 1. The van der Waals surface area contributed by atoms with Crippen LogP contribution in [0.4, 0.5) is 0 Å². The molecular weight excluding hydrogens is 400 g/mol. The first-order valence-corrected chi connectivity index (χ1v) is 10.3. The molecule has 1 saturated heterocycles. The minimum Gasteiger partial charge on any atom is -0.346 e. The molecule has 0 bridgehead atoms. The lowest BCUT2D eigenvalue weighted by molar-refractivity contribution is 0.0929. The molecule has 1 N–H and O–H groups in total. The van der Waals surface area contributed by atoms with Crippen LogP contribution in [0.3, 0.4) is 0 Å². The smallest absolute Gasteiger partial charge is 0.276 e. The van der Waals surface area contributed by atoms with Crippen molar-refractivity contribution in [3.05, 3.63) is 92.9 Å². The fraction of sp³-hybridized carbons (Fsp3) is 0.261. The summed E-state index contributed by atoms with van der Waals surface area (Å²) in [7, 11) is 0. The van der Waals surface area contributed by atoms with Crippen molar-refractivity contribution in [3.63, 3.8) is 0 Å². The van der Waals surface area contributed by atoms with Gasteiger partial charge < -0.3 is 5.32 Å². The van der Waals surface area contributed by atoms with Crippen molar-refractivity contribution in [3.8, 4) is 5.69 Å². The fourth-order valence-electron chi connectivity index (χ4n) is 3.74. The van der Waals surface area contributed by atoms with Crippen LogP contribution in [0.2, 0.25) is 5.02 Å². The molecule has 3 aromatic rings. The number of nitrogens with one attached hydrogen (secondary N) is 1. The molecule has 2 aromatic carbocycles. The number of nitrogens with zero attached hydrogens (tertiary/aromatic N) is 3. The number of hydrogen-bond donors (Lipinski definition) is 1. The lowest BCUT2D eigenvalue weighted by atomic mass is 10.2. The Bertz CT molecular complexity index is 1100. The van der Waals surface area contributed by atoms with Crippen LogP contribution in [0.5, 0.6) is 0 Å². The number of aryl methyl sites for hydroxylation is 1. The first-order valence-electron chi connectivity index (χ1n) is 9.93. The number of halogens is 1. The third kappa shape index (κ3) is 4.61. The number of hydrogen-bond acceptors (Lipinski definition) is 4. The summed E-state index contributed by atoms with van der Waals surface area (Å²) in [6.07, 6.45) is 0.843. The second-order valence-electron chi connectivity index (χ2n) is 7.57. The summed E-state index contributed by atoms with van der Waals surface area (Å²) in [6.45, 7) is 4.27. The highest BCUT2D eigenvalue weighted by Crippen LogP contribution is 2.15. The van der Waals surface area contributed by atoms with E-state index in [0.717, 1.165) is 31.7 Å². The molecule has 2 heterocycles. The summed E-state index contributed by atoms with van der Waals surface area (Å²) >= 11 is 5.96. The molecule has 1 unspecified atom stereocenters. The van der Waals surface area contributed by atoms with Gasteiger partial charge in [0.1, 0.15) is 0 Å². The molecule has 154 valence electrons. The summed E-state index contributed by atoms with van der Waals surface area (Å²) in [5.41, 5.74) is 2.15. The summed E-state index contributed by atoms with van der Waals surface area (Å²) in [5.74, 6) is -0.436. The van der Waals surface area contributed by atoms with E-state index < -0.39 is 5.91 Å². The van der Waals surface area contributed by atoms with Crippen LogP contribution in [-0.2, 0) is 6.54 Å². The van der Waals surface area contributed by atoms with Gasteiger partial charge in [-0.05, 0) is 43.2 Å². The topological polar surface area (TPSA) is 67.2 Å². The first kappa shape index (κ1) is 20.3. The maximum absolute atomic E-state index is 12.8. The SMILES string of the molecule is Cc1cc(=O)c(C(=O)NC2CCN(Cc3ccccc3)C2)nn1-c1ccc(Cl)cc1. The normalized spacial score (nSPS) is 16.5. The molecule has 1 aliphatic heterocycles. The third-order valence-corrected chi connectivity index (χ3v) is 5.50. The zero-order chi connectivity index (χ0) is 21.1. The fourth-order valence-corrected chi connectivity index (χ4v) is 3.86. The van der Waals surface area contributed by atoms with Crippen LogP contribution in [0.1, 0.15) is 28.2 Å². The van der Waals surface area contributed by atoms with Crippen LogP contribution in [-0.4, -0.2) is 39.7 Å². The lowest BCUT2D eigenvalue weighted by Crippen LogP contribution is -2.40. The molecule has 0 aliphatic carbocycles. The van der Waals surface area contributed by atoms with Crippen LogP contribution in [0.25, 0.3) is 5.69 Å². The molecule has 30 heavy (non-hydrogen) atoms. The van der Waals surface area contributed by atoms with Gasteiger partial charge in [0.2, 0.25) is 5.43 Å². The molecule has 6 nitrogen and oxygen atoms in total. The Balaban J connectivity index is 1.46. The number of carbonyl (C=O) groups is 1. The number of aromatic nitrogens is 2. The van der Waals surface area contributed by atoms with Gasteiger partial charge in [-0.25, -0.2) is 4.68 Å². The lowest BCUT2D eigenvalue weighted by Gasteiger charge is -2.17. The van der Waals surface area contributed by atoms with E-state index in [0.29, 0.717) is 10.7 Å². The van der Waals surface area contributed by atoms with Gasteiger partial charge in [-0.1, -0.05) is 41.9 Å². The van der Waals surface area contributed by atoms with Crippen LogP contribution in [0, 0.1) is 6.92 Å². The van der Waals surface area contributed by atoms with Gasteiger partial charge in [-0.3, -0.25) is 14.5 Å². The van der Waals surface area contributed by atoms with E-state index in [1.54, 1.807) is 35.9 Å². The van der Waals surface area contributed by atoms with Gasteiger partial charge in [0, 0.05) is 42.5 Å². The van der Waals surface area contributed by atoms with E-state index >= 15 is 0 Å². The molecule has 1 fully saturated rings. The van der Waals surface area contributed by atoms with E-state index in [-0.39, 0.29) is 17.2 Å². The zero-order valence-electron chi connectivity index (χ0n) is 16.7. The molecule has 0 radical (unpaired) electrons. The Labute approximate surface area is 180 Å². The van der Waals surface area contributed by atoms with Gasteiger partial charge in [-0.15, -0.1) is 0 Å². The van der Waals surface area contributed by atoms with Crippen molar-refractivity contribution < 1.29 is 4.79 Å². The number of likely N-dealkylation sites (tertiary alicyclic amines) is 1. The first-order chi connectivity index (χ1) is 14.5. The maximum Gasteiger partial charge on any atom is 0.276 e. The second-order valence-corrected chi connectivity index (χ2v) is 8.00. The Kier molecular flexibility index (Phi) is 5.97. The molecule has 0 saturated carbocycles. The van der Waals surface area contributed by atoms with E-state index in [2.05, 4.69) is 27.4 Å². The van der Waals surface area contributed by atoms with Gasteiger partial charge in [0.05, 0.1) is 5.69 Å². The highest BCUT2D eigenvalue weighted by molar-refractivity contribution is 6.30. The Morgan fingerprint density at radius 2 is 1.90 bits per heavy atom. The molecule has 1 amide bonds. The van der Waals surface area contributed by atoms with Crippen molar-refractivity contribution in [2.24, 2.45) is 0 Å². The predicted octanol–water partition coefficient (Wildman–Crippen LogP) is 3.20. The van der Waals surface area contributed by atoms with Crippen molar-refractivity contribution in [1.82, 2.24) is 20.0 Å². The summed E-state index contributed by atoms with van der Waals surface area (Å²) in [5, 5.41) is 7.93. The Morgan fingerprint density at radius 3 is 2.63 bits per heavy atom. The van der Waals surface area contributed by atoms with Crippen molar-refractivity contribution in [2.45, 2.75) is 25.9 Å². The summed E-state index contributed by atoms with van der Waals surface area (Å²) in [4.78, 5) is 27.5. The summed E-state index contributed by atoms with van der Waals surface area (Å²) < 4.78 is 1.59. The molecule has 1 aliphatic rings. The molecule has 1 aromatic heterocycles. The van der Waals surface area contributed by atoms with E-state index in [1.807, 2.05) is 18.2 Å². The number of benzene rings is 2. The predicted molar refractivity (Wildman–Crippen MR) is 117 cm³/mol. The van der Waals surface area contributed by atoms with Gasteiger partial charge in [0.15, 0.2) is 5.69 Å². The average molecular weight is 423 g/mol. The third-order valence-electron chi connectivity index (χ3n) is 5.25. The monoisotopic (exact) mass is 422 g/mol. The van der Waals surface area contributed by atoms with E-state index in [1.165, 1.54) is 11.6 Å². The van der Waals surface area contributed by atoms with E-state index in [4.69, 9.17) is 11.6 Å². The quantitative estimate of drug-likeness (QED) is 0.685. The van der Waals surface area contributed by atoms with Crippen LogP contribution in [0.15, 0.2) is 65.5 Å². The molecule has 0 spiro atoms. The molecule has 4 rings (SSSR count). The Morgan fingerprint density at radius 1 is 1.17 bits per heavy atom. The van der Waals surface area contributed by atoms with Gasteiger partial charge >= 0.3 is 0 Å². The maximum atomic E-state index is 12.8. The minimum absolute atomic E-state index is 0.00676. The highest BCUT2D eigenvalue weighted by Gasteiger charge is 2.26. The molecule has 7 heteroatoms. The summed E-state index contributed by atoms with van der Waals surface area (Å²) in [6, 6.07) is 18.8. The minimum atomic E-state index is -0.436. The molecule has 1 atom stereocenters. The van der Waals surface area contributed by atoms with Crippen LogP contribution < -0.4 is 10.7 Å². The number of amides is 1. The zero-order valence-corrected chi connectivity index (χ0v) is 17.5. The highest BCUT2D eigenvalue weighted by atomic mass is 35.5. The van der Waals surface area contributed by atoms with Crippen molar-refractivity contribution in [2.75, 3.05) is 13.1 Å².